The molecule has 29 heavy (non-hydrogen) atoms. The van der Waals surface area contributed by atoms with Gasteiger partial charge >= 0.3 is 0 Å². The zero-order chi connectivity index (χ0) is 20.6. The number of fused-ring (bicyclic) bond motifs is 1. The van der Waals surface area contributed by atoms with Crippen LogP contribution in [0.25, 0.3) is 0 Å². The molecule has 1 aliphatic rings. The molecule has 0 unspecified atom stereocenters. The van der Waals surface area contributed by atoms with E-state index in [-0.39, 0.29) is 12.2 Å². The first kappa shape index (κ1) is 18.8. The Hall–Kier alpha value is -3.51. The molecular weight excluding hydrogens is 371 g/mol. The second kappa shape index (κ2) is 7.14. The highest BCUT2D eigenvalue weighted by molar-refractivity contribution is 6.12. The van der Waals surface area contributed by atoms with Crippen LogP contribution in [-0.4, -0.2) is 23.5 Å². The van der Waals surface area contributed by atoms with Crippen LogP contribution in [0.1, 0.15) is 16.7 Å². The van der Waals surface area contributed by atoms with Crippen LogP contribution >= 0.6 is 0 Å². The summed E-state index contributed by atoms with van der Waals surface area (Å²) in [5.74, 6) is -1.75. The average molecular weight is 390 g/mol. The standard InChI is InChI=1S/C23H19FN2O3/c1-15-7-6-8-16(13-15)23(29)17-9-2-5-12-20(17)26(22(23)28)14-21(27)25-19-11-4-3-10-18(19)24/h2-13,29H,14H2,1H3,(H,25,27)/t23-/m0/s1. The number of nitrogens with zero attached hydrogens (tertiary/aromatic N) is 1. The summed E-state index contributed by atoms with van der Waals surface area (Å²) >= 11 is 0. The minimum atomic E-state index is -1.89. The third-order valence-electron chi connectivity index (χ3n) is 5.02. The van der Waals surface area contributed by atoms with E-state index in [2.05, 4.69) is 5.32 Å². The van der Waals surface area contributed by atoms with Gasteiger partial charge in [-0.05, 0) is 30.7 Å². The van der Waals surface area contributed by atoms with Crippen LogP contribution in [0.3, 0.4) is 0 Å². The maximum absolute atomic E-state index is 13.8. The summed E-state index contributed by atoms with van der Waals surface area (Å²) in [6, 6.07) is 19.7. The van der Waals surface area contributed by atoms with Gasteiger partial charge in [0.05, 0.1) is 11.4 Å². The van der Waals surface area contributed by atoms with E-state index in [4.69, 9.17) is 0 Å². The number of hydrogen-bond donors (Lipinski definition) is 2. The minimum absolute atomic E-state index is 0.0337. The Morgan fingerprint density at radius 3 is 2.55 bits per heavy atom. The Bertz CT molecular complexity index is 1110. The Morgan fingerprint density at radius 2 is 1.79 bits per heavy atom. The molecule has 3 aromatic rings. The molecule has 0 bridgehead atoms. The molecule has 6 heteroatoms. The molecule has 1 heterocycles. The quantitative estimate of drug-likeness (QED) is 0.718. The molecule has 2 amide bonds. The maximum atomic E-state index is 13.8. The van der Waals surface area contributed by atoms with Crippen molar-refractivity contribution in [1.29, 1.82) is 0 Å². The summed E-state index contributed by atoms with van der Waals surface area (Å²) in [5, 5.41) is 13.9. The van der Waals surface area contributed by atoms with Crippen molar-refractivity contribution in [1.82, 2.24) is 0 Å². The number of nitrogens with one attached hydrogen (secondary N) is 1. The van der Waals surface area contributed by atoms with Crippen LogP contribution in [-0.2, 0) is 15.2 Å². The van der Waals surface area contributed by atoms with Gasteiger partial charge in [-0.2, -0.15) is 0 Å². The number of carbonyl (C=O) groups excluding carboxylic acids is 2. The number of anilines is 2. The van der Waals surface area contributed by atoms with Crippen LogP contribution in [0.15, 0.2) is 72.8 Å². The summed E-state index contributed by atoms with van der Waals surface area (Å²) in [7, 11) is 0. The van der Waals surface area contributed by atoms with Crippen LogP contribution < -0.4 is 10.2 Å². The lowest BCUT2D eigenvalue weighted by Gasteiger charge is -2.24. The highest BCUT2D eigenvalue weighted by Gasteiger charge is 2.51. The molecule has 0 aliphatic carbocycles. The lowest BCUT2D eigenvalue weighted by atomic mass is 9.87. The molecular formula is C23H19FN2O3. The van der Waals surface area contributed by atoms with Crippen LogP contribution in [0.5, 0.6) is 0 Å². The number of carbonyl (C=O) groups is 2. The molecule has 1 aliphatic heterocycles. The van der Waals surface area contributed by atoms with Crippen molar-refractivity contribution in [3.63, 3.8) is 0 Å². The number of amides is 2. The molecule has 2 N–H and O–H groups in total. The van der Waals surface area contributed by atoms with Gasteiger partial charge in [-0.1, -0.05) is 60.2 Å². The fourth-order valence-corrected chi connectivity index (χ4v) is 3.64. The first-order valence-corrected chi connectivity index (χ1v) is 9.16. The predicted molar refractivity (Wildman–Crippen MR) is 108 cm³/mol. The van der Waals surface area contributed by atoms with E-state index in [1.165, 1.54) is 23.1 Å². The Balaban J connectivity index is 1.68. The Kier molecular flexibility index (Phi) is 4.64. The van der Waals surface area contributed by atoms with Crippen molar-refractivity contribution in [2.24, 2.45) is 0 Å². The number of hydrogen-bond acceptors (Lipinski definition) is 3. The Morgan fingerprint density at radius 1 is 1.07 bits per heavy atom. The van der Waals surface area contributed by atoms with E-state index in [1.54, 1.807) is 48.5 Å². The smallest absolute Gasteiger partial charge is 0.268 e. The van der Waals surface area contributed by atoms with Gasteiger partial charge < -0.3 is 10.4 Å². The van der Waals surface area contributed by atoms with E-state index < -0.39 is 23.2 Å². The number of rotatable bonds is 4. The highest BCUT2D eigenvalue weighted by atomic mass is 19.1. The number of aliphatic hydroxyl groups is 1. The van der Waals surface area contributed by atoms with E-state index >= 15 is 0 Å². The molecule has 0 saturated heterocycles. The molecule has 0 saturated carbocycles. The van der Waals surface area contributed by atoms with Crippen molar-refractivity contribution >= 4 is 23.2 Å². The molecule has 0 aromatic heterocycles. The lowest BCUT2D eigenvalue weighted by Crippen LogP contribution is -2.44. The largest absolute Gasteiger partial charge is 0.372 e. The summed E-state index contributed by atoms with van der Waals surface area (Å²) in [6.07, 6.45) is 0. The fourth-order valence-electron chi connectivity index (χ4n) is 3.64. The lowest BCUT2D eigenvalue weighted by molar-refractivity contribution is -0.133. The first-order chi connectivity index (χ1) is 13.9. The van der Waals surface area contributed by atoms with Gasteiger partial charge in [-0.3, -0.25) is 14.5 Å². The number of halogens is 1. The van der Waals surface area contributed by atoms with Gasteiger partial charge in [-0.15, -0.1) is 0 Å². The van der Waals surface area contributed by atoms with Crippen LogP contribution in [0, 0.1) is 12.7 Å². The van der Waals surface area contributed by atoms with Gasteiger partial charge in [0.1, 0.15) is 12.4 Å². The second-order valence-corrected chi connectivity index (χ2v) is 7.02. The molecule has 5 nitrogen and oxygen atoms in total. The zero-order valence-corrected chi connectivity index (χ0v) is 15.7. The van der Waals surface area contributed by atoms with Crippen molar-refractivity contribution in [3.8, 4) is 0 Å². The first-order valence-electron chi connectivity index (χ1n) is 9.16. The van der Waals surface area contributed by atoms with Gasteiger partial charge in [0.25, 0.3) is 5.91 Å². The maximum Gasteiger partial charge on any atom is 0.268 e. The summed E-state index contributed by atoms with van der Waals surface area (Å²) in [6.45, 7) is 1.52. The molecule has 0 radical (unpaired) electrons. The van der Waals surface area contributed by atoms with Crippen LogP contribution in [0.4, 0.5) is 15.8 Å². The van der Waals surface area contributed by atoms with E-state index in [0.29, 0.717) is 16.8 Å². The van der Waals surface area contributed by atoms with Crippen molar-refractivity contribution < 1.29 is 19.1 Å². The molecule has 0 fully saturated rings. The molecule has 1 atom stereocenters. The predicted octanol–water partition coefficient (Wildman–Crippen LogP) is 3.36. The minimum Gasteiger partial charge on any atom is -0.372 e. The number of benzene rings is 3. The summed E-state index contributed by atoms with van der Waals surface area (Å²) in [4.78, 5) is 27.0. The number of para-hydroxylation sites is 2. The normalized spacial score (nSPS) is 17.9. The SMILES string of the molecule is Cc1cccc([C@@]2(O)C(=O)N(CC(=O)Nc3ccccc3F)c3ccccc32)c1. The third-order valence-corrected chi connectivity index (χ3v) is 5.02. The van der Waals surface area contributed by atoms with Crippen molar-refractivity contribution in [2.45, 2.75) is 12.5 Å². The molecule has 0 spiro atoms. The monoisotopic (exact) mass is 390 g/mol. The van der Waals surface area contributed by atoms with Gasteiger partial charge in [0.2, 0.25) is 5.91 Å². The second-order valence-electron chi connectivity index (χ2n) is 7.02. The van der Waals surface area contributed by atoms with Gasteiger partial charge in [0.15, 0.2) is 5.60 Å². The van der Waals surface area contributed by atoms with E-state index in [9.17, 15) is 19.1 Å². The Labute approximate surface area is 167 Å². The molecule has 3 aromatic carbocycles. The van der Waals surface area contributed by atoms with Crippen molar-refractivity contribution in [3.05, 3.63) is 95.3 Å². The fraction of sp³-hybridized carbons (Fsp3) is 0.130. The molecule has 146 valence electrons. The summed E-state index contributed by atoms with van der Waals surface area (Å²) in [5.41, 5.74) is 0.343. The third kappa shape index (κ3) is 3.17. The topological polar surface area (TPSA) is 69.6 Å². The average Bonchev–Trinajstić information content (AvgIpc) is 2.93. The molecule has 4 rings (SSSR count). The highest BCUT2D eigenvalue weighted by Crippen LogP contribution is 2.44. The zero-order valence-electron chi connectivity index (χ0n) is 15.7. The van der Waals surface area contributed by atoms with E-state index in [1.807, 2.05) is 13.0 Å². The van der Waals surface area contributed by atoms with Crippen LogP contribution in [0.2, 0.25) is 0 Å². The van der Waals surface area contributed by atoms with Gasteiger partial charge in [0, 0.05) is 5.56 Å². The van der Waals surface area contributed by atoms with Crippen molar-refractivity contribution in [2.75, 3.05) is 16.8 Å². The van der Waals surface area contributed by atoms with E-state index in [0.717, 1.165) is 5.56 Å². The summed E-state index contributed by atoms with van der Waals surface area (Å²) < 4.78 is 13.8. The van der Waals surface area contributed by atoms with Gasteiger partial charge in [-0.25, -0.2) is 4.39 Å². The number of aryl methyl sites for hydroxylation is 1.